The van der Waals surface area contributed by atoms with Crippen LogP contribution in [0.25, 0.3) is 22.6 Å². The van der Waals surface area contributed by atoms with Crippen molar-refractivity contribution in [2.75, 3.05) is 12.8 Å². The summed E-state index contributed by atoms with van der Waals surface area (Å²) in [6.07, 6.45) is 5.33. The Morgan fingerprint density at radius 3 is 2.67 bits per heavy atom. The molecule has 8 heteroatoms. The van der Waals surface area contributed by atoms with Crippen LogP contribution < -0.4 is 5.32 Å². The number of nitrogens with zero attached hydrogens (tertiary/aromatic N) is 4. The van der Waals surface area contributed by atoms with Crippen LogP contribution in [0, 0.1) is 5.82 Å². The second-order valence-corrected chi connectivity index (χ2v) is 8.57. The Morgan fingerprint density at radius 1 is 1.12 bits per heavy atom. The average Bonchev–Trinajstić information content (AvgIpc) is 3.43. The molecule has 33 heavy (non-hydrogen) atoms. The van der Waals surface area contributed by atoms with Gasteiger partial charge in [0, 0.05) is 30.3 Å². The summed E-state index contributed by atoms with van der Waals surface area (Å²) in [4.78, 5) is 26.6. The third-order valence-corrected chi connectivity index (χ3v) is 6.32. The van der Waals surface area contributed by atoms with E-state index in [2.05, 4.69) is 14.9 Å². The molecule has 2 aromatic heterocycles. The fraction of sp³-hybridized carbons (Fsp3) is 0.200. The van der Waals surface area contributed by atoms with Gasteiger partial charge in [0.05, 0.1) is 23.1 Å². The maximum Gasteiger partial charge on any atom is 0.251 e. The van der Waals surface area contributed by atoms with Crippen LogP contribution in [0.1, 0.15) is 28.6 Å². The minimum absolute atomic E-state index is 0.0389. The summed E-state index contributed by atoms with van der Waals surface area (Å²) in [6.45, 7) is 0.480. The molecule has 0 fully saturated rings. The molecule has 5 rings (SSSR count). The molecule has 4 aromatic rings. The fourth-order valence-corrected chi connectivity index (χ4v) is 4.55. The second kappa shape index (κ2) is 9.15. The predicted octanol–water partition coefficient (Wildman–Crippen LogP) is 4.79. The number of halogens is 1. The number of fused-ring (bicyclic) bond motifs is 1. The molecule has 0 saturated heterocycles. The van der Waals surface area contributed by atoms with Gasteiger partial charge in [0.15, 0.2) is 5.16 Å². The van der Waals surface area contributed by atoms with E-state index >= 15 is 0 Å². The van der Waals surface area contributed by atoms with Crippen LogP contribution in [0.15, 0.2) is 72.0 Å². The van der Waals surface area contributed by atoms with E-state index in [4.69, 9.17) is 9.97 Å². The zero-order chi connectivity index (χ0) is 22.8. The molecule has 0 bridgehead atoms. The molecule has 0 spiro atoms. The molecular weight excluding hydrogens is 437 g/mol. The summed E-state index contributed by atoms with van der Waals surface area (Å²) in [5, 5.41) is 3.73. The Labute approximate surface area is 195 Å². The standard InChI is InChI=1S/C25H22FN5OS/c1-33-25-27-14-13-20(29-25)23-22(16-7-9-18(26)10-8-16)30-21-12-11-19(31(21)23)15-28-24(32)17-5-3-2-4-6-17/h2-10,13-14,19H,11-12,15H2,1H3,(H,28,32). The largest absolute Gasteiger partial charge is 0.350 e. The first kappa shape index (κ1) is 21.3. The van der Waals surface area contributed by atoms with Crippen LogP contribution in [-0.4, -0.2) is 38.2 Å². The molecule has 1 N–H and O–H groups in total. The van der Waals surface area contributed by atoms with E-state index in [1.165, 1.54) is 23.9 Å². The van der Waals surface area contributed by atoms with Gasteiger partial charge in [-0.25, -0.2) is 19.3 Å². The molecule has 0 radical (unpaired) electrons. The maximum absolute atomic E-state index is 13.6. The van der Waals surface area contributed by atoms with Gasteiger partial charge in [0.25, 0.3) is 5.91 Å². The molecule has 0 saturated carbocycles. The zero-order valence-corrected chi connectivity index (χ0v) is 18.8. The first-order valence-corrected chi connectivity index (χ1v) is 11.9. The van der Waals surface area contributed by atoms with Crippen molar-refractivity contribution in [1.82, 2.24) is 24.8 Å². The number of hydrogen-bond acceptors (Lipinski definition) is 5. The van der Waals surface area contributed by atoms with Gasteiger partial charge in [0.2, 0.25) is 0 Å². The molecule has 1 amide bonds. The van der Waals surface area contributed by atoms with Crippen LogP contribution in [0.3, 0.4) is 0 Å². The highest BCUT2D eigenvalue weighted by molar-refractivity contribution is 7.98. The lowest BCUT2D eigenvalue weighted by molar-refractivity contribution is 0.0948. The van der Waals surface area contributed by atoms with Gasteiger partial charge in [-0.15, -0.1) is 0 Å². The van der Waals surface area contributed by atoms with Crippen molar-refractivity contribution in [3.05, 3.63) is 84.1 Å². The minimum Gasteiger partial charge on any atom is -0.350 e. The van der Waals surface area contributed by atoms with E-state index in [1.807, 2.05) is 30.5 Å². The number of hydrogen-bond donors (Lipinski definition) is 1. The summed E-state index contributed by atoms with van der Waals surface area (Å²) >= 11 is 1.47. The van der Waals surface area contributed by atoms with E-state index < -0.39 is 0 Å². The van der Waals surface area contributed by atoms with E-state index in [0.29, 0.717) is 17.3 Å². The average molecular weight is 460 g/mol. The highest BCUT2D eigenvalue weighted by Crippen LogP contribution is 2.39. The Kier molecular flexibility index (Phi) is 5.92. The van der Waals surface area contributed by atoms with Crippen molar-refractivity contribution in [1.29, 1.82) is 0 Å². The van der Waals surface area contributed by atoms with E-state index in [1.54, 1.807) is 30.5 Å². The summed E-state index contributed by atoms with van der Waals surface area (Å²) < 4.78 is 15.8. The van der Waals surface area contributed by atoms with Crippen LogP contribution >= 0.6 is 11.8 Å². The molecular formula is C25H22FN5OS. The summed E-state index contributed by atoms with van der Waals surface area (Å²) in [5.74, 6) is 0.545. The number of rotatable bonds is 6. The summed E-state index contributed by atoms with van der Waals surface area (Å²) in [7, 11) is 0. The molecule has 1 atom stereocenters. The number of carbonyl (C=O) groups is 1. The monoisotopic (exact) mass is 459 g/mol. The Bertz CT molecular complexity index is 1290. The van der Waals surface area contributed by atoms with Crippen LogP contribution in [0.5, 0.6) is 0 Å². The van der Waals surface area contributed by atoms with E-state index in [9.17, 15) is 9.18 Å². The van der Waals surface area contributed by atoms with Gasteiger partial charge in [0.1, 0.15) is 11.6 Å². The SMILES string of the molecule is CSc1nccc(-c2c(-c3ccc(F)cc3)nc3n2C(CNC(=O)c2ccccc2)CC3)n1. The molecule has 1 unspecified atom stereocenters. The number of nitrogens with one attached hydrogen (secondary N) is 1. The fourth-order valence-electron chi connectivity index (χ4n) is 4.19. The number of benzene rings is 2. The van der Waals surface area contributed by atoms with Crippen molar-refractivity contribution < 1.29 is 9.18 Å². The quantitative estimate of drug-likeness (QED) is 0.332. The lowest BCUT2D eigenvalue weighted by Crippen LogP contribution is -2.29. The van der Waals surface area contributed by atoms with E-state index in [0.717, 1.165) is 41.3 Å². The van der Waals surface area contributed by atoms with Crippen molar-refractivity contribution in [3.63, 3.8) is 0 Å². The highest BCUT2D eigenvalue weighted by atomic mass is 32.2. The zero-order valence-electron chi connectivity index (χ0n) is 18.0. The Morgan fingerprint density at radius 2 is 1.91 bits per heavy atom. The third-order valence-electron chi connectivity index (χ3n) is 5.76. The third kappa shape index (κ3) is 4.26. The first-order chi connectivity index (χ1) is 16.1. The van der Waals surface area contributed by atoms with Gasteiger partial charge in [-0.2, -0.15) is 0 Å². The van der Waals surface area contributed by atoms with Gasteiger partial charge < -0.3 is 9.88 Å². The van der Waals surface area contributed by atoms with Crippen molar-refractivity contribution in [2.45, 2.75) is 24.0 Å². The molecule has 3 heterocycles. The smallest absolute Gasteiger partial charge is 0.251 e. The first-order valence-electron chi connectivity index (χ1n) is 10.7. The van der Waals surface area contributed by atoms with Gasteiger partial charge in [-0.05, 0) is 55.1 Å². The van der Waals surface area contributed by atoms with Crippen LogP contribution in [0.2, 0.25) is 0 Å². The van der Waals surface area contributed by atoms with Crippen molar-refractivity contribution in [2.24, 2.45) is 0 Å². The van der Waals surface area contributed by atoms with Crippen LogP contribution in [-0.2, 0) is 6.42 Å². The molecule has 2 aromatic carbocycles. The van der Waals surface area contributed by atoms with E-state index in [-0.39, 0.29) is 17.8 Å². The van der Waals surface area contributed by atoms with Gasteiger partial charge in [-0.1, -0.05) is 30.0 Å². The highest BCUT2D eigenvalue weighted by Gasteiger charge is 2.31. The topological polar surface area (TPSA) is 72.7 Å². The normalized spacial score (nSPS) is 14.8. The predicted molar refractivity (Wildman–Crippen MR) is 127 cm³/mol. The number of imidazole rings is 1. The van der Waals surface area contributed by atoms with Crippen molar-refractivity contribution >= 4 is 17.7 Å². The second-order valence-electron chi connectivity index (χ2n) is 7.80. The maximum atomic E-state index is 13.6. The molecule has 166 valence electrons. The molecule has 6 nitrogen and oxygen atoms in total. The molecule has 1 aliphatic rings. The number of amides is 1. The number of thioether (sulfide) groups is 1. The molecule has 0 aliphatic carbocycles. The summed E-state index contributed by atoms with van der Waals surface area (Å²) in [5.41, 5.74) is 3.84. The van der Waals surface area contributed by atoms with Gasteiger partial charge >= 0.3 is 0 Å². The number of carbonyl (C=O) groups excluding carboxylic acids is 1. The molecule has 1 aliphatic heterocycles. The Hall–Kier alpha value is -3.52. The minimum atomic E-state index is -0.291. The lowest BCUT2D eigenvalue weighted by atomic mass is 10.1. The number of aryl methyl sites for hydroxylation is 1. The summed E-state index contributed by atoms with van der Waals surface area (Å²) in [6, 6.07) is 17.5. The Balaban J connectivity index is 1.53. The van der Waals surface area contributed by atoms with Crippen LogP contribution in [0.4, 0.5) is 4.39 Å². The number of aromatic nitrogens is 4. The van der Waals surface area contributed by atoms with Gasteiger partial charge in [-0.3, -0.25) is 4.79 Å². The van der Waals surface area contributed by atoms with Crippen molar-refractivity contribution in [3.8, 4) is 22.6 Å². The lowest BCUT2D eigenvalue weighted by Gasteiger charge is -2.18.